The van der Waals surface area contributed by atoms with Crippen molar-refractivity contribution >= 4 is 28.8 Å². The van der Waals surface area contributed by atoms with Crippen LogP contribution in [0.3, 0.4) is 0 Å². The summed E-state index contributed by atoms with van der Waals surface area (Å²) in [6, 6.07) is 9.31. The van der Waals surface area contributed by atoms with Gasteiger partial charge in [0.25, 0.3) is 0 Å². The number of aromatic hydroxyl groups is 1. The first-order valence-electron chi connectivity index (χ1n) is 8.11. The van der Waals surface area contributed by atoms with Crippen molar-refractivity contribution in [2.45, 2.75) is 31.8 Å². The van der Waals surface area contributed by atoms with Crippen LogP contribution in [0.15, 0.2) is 35.7 Å². The van der Waals surface area contributed by atoms with E-state index in [4.69, 9.17) is 11.6 Å². The number of thiophene rings is 1. The summed E-state index contributed by atoms with van der Waals surface area (Å²) >= 11 is 7.66. The van der Waals surface area contributed by atoms with Crippen LogP contribution in [0.25, 0.3) is 0 Å². The van der Waals surface area contributed by atoms with Gasteiger partial charge in [0.15, 0.2) is 0 Å². The highest BCUT2D eigenvalue weighted by Gasteiger charge is 2.21. The quantitative estimate of drug-likeness (QED) is 0.854. The van der Waals surface area contributed by atoms with Crippen LogP contribution in [0, 0.1) is 0 Å². The van der Waals surface area contributed by atoms with Crippen molar-refractivity contribution in [1.29, 1.82) is 0 Å². The highest BCUT2D eigenvalue weighted by atomic mass is 35.5. The lowest BCUT2D eigenvalue weighted by molar-refractivity contribution is -0.121. The van der Waals surface area contributed by atoms with Crippen LogP contribution in [0.4, 0.5) is 0 Å². The summed E-state index contributed by atoms with van der Waals surface area (Å²) in [7, 11) is 0. The summed E-state index contributed by atoms with van der Waals surface area (Å²) in [5.74, 6) is 0.0389. The molecule has 6 heteroatoms. The third-order valence-corrected chi connectivity index (χ3v) is 5.37. The van der Waals surface area contributed by atoms with E-state index in [2.05, 4.69) is 27.7 Å². The second kappa shape index (κ2) is 8.01. The Morgan fingerprint density at radius 3 is 3.04 bits per heavy atom. The van der Waals surface area contributed by atoms with E-state index in [-0.39, 0.29) is 29.1 Å². The minimum Gasteiger partial charge on any atom is -0.506 e. The topological polar surface area (TPSA) is 52.6 Å². The molecule has 0 bridgehead atoms. The number of rotatable bonds is 5. The van der Waals surface area contributed by atoms with E-state index in [1.54, 1.807) is 23.5 Å². The van der Waals surface area contributed by atoms with Crippen molar-refractivity contribution in [3.05, 3.63) is 51.2 Å². The van der Waals surface area contributed by atoms with Gasteiger partial charge < -0.3 is 10.4 Å². The minimum absolute atomic E-state index is 0.000250. The Morgan fingerprint density at radius 2 is 2.29 bits per heavy atom. The number of nitrogens with one attached hydrogen (secondary N) is 1. The van der Waals surface area contributed by atoms with Gasteiger partial charge in [-0.3, -0.25) is 9.69 Å². The molecule has 0 saturated carbocycles. The zero-order valence-corrected chi connectivity index (χ0v) is 14.9. The van der Waals surface area contributed by atoms with Crippen LogP contribution in [0.2, 0.25) is 5.02 Å². The first-order valence-corrected chi connectivity index (χ1v) is 9.37. The van der Waals surface area contributed by atoms with Gasteiger partial charge in [-0.05, 0) is 48.5 Å². The number of likely N-dealkylation sites (tertiary alicyclic amines) is 1. The fraction of sp³-hybridized carbons (Fsp3) is 0.389. The van der Waals surface area contributed by atoms with Gasteiger partial charge in [0, 0.05) is 24.0 Å². The van der Waals surface area contributed by atoms with Crippen LogP contribution in [0.1, 0.15) is 23.3 Å². The Kier molecular flexibility index (Phi) is 5.76. The largest absolute Gasteiger partial charge is 0.506 e. The first kappa shape index (κ1) is 17.3. The van der Waals surface area contributed by atoms with E-state index in [0.717, 1.165) is 38.0 Å². The molecule has 24 heavy (non-hydrogen) atoms. The third-order valence-electron chi connectivity index (χ3n) is 4.21. The smallest absolute Gasteiger partial charge is 0.224 e. The molecule has 3 rings (SSSR count). The normalized spacial score (nSPS) is 18.5. The van der Waals surface area contributed by atoms with Crippen molar-refractivity contribution in [1.82, 2.24) is 10.2 Å². The Labute approximate surface area is 151 Å². The maximum absolute atomic E-state index is 12.3. The SMILES string of the molecule is O=C(Cc1ccc(O)c(Cl)c1)NC1CCCN(Cc2cccs2)C1. The molecule has 1 fully saturated rings. The zero-order valence-electron chi connectivity index (χ0n) is 13.4. The van der Waals surface area contributed by atoms with Gasteiger partial charge in [0.2, 0.25) is 5.91 Å². The van der Waals surface area contributed by atoms with Gasteiger partial charge in [0.05, 0.1) is 11.4 Å². The molecule has 2 N–H and O–H groups in total. The number of halogens is 1. The predicted molar refractivity (Wildman–Crippen MR) is 97.6 cm³/mol. The van der Waals surface area contributed by atoms with E-state index in [0.29, 0.717) is 0 Å². The highest BCUT2D eigenvalue weighted by Crippen LogP contribution is 2.24. The van der Waals surface area contributed by atoms with Crippen LogP contribution in [0.5, 0.6) is 5.75 Å². The summed E-state index contributed by atoms with van der Waals surface area (Å²) in [6.07, 6.45) is 2.39. The number of benzene rings is 1. The van der Waals surface area contributed by atoms with E-state index >= 15 is 0 Å². The lowest BCUT2D eigenvalue weighted by atomic mass is 10.0. The molecule has 1 atom stereocenters. The predicted octanol–water partition coefficient (Wildman–Crippen LogP) is 3.43. The van der Waals surface area contributed by atoms with E-state index < -0.39 is 0 Å². The zero-order chi connectivity index (χ0) is 16.9. The summed E-state index contributed by atoms with van der Waals surface area (Å²) in [6.45, 7) is 2.93. The number of carbonyl (C=O) groups is 1. The molecule has 0 aliphatic carbocycles. The van der Waals surface area contributed by atoms with Gasteiger partial charge in [-0.25, -0.2) is 0 Å². The van der Waals surface area contributed by atoms with Gasteiger partial charge in [0.1, 0.15) is 5.75 Å². The number of hydrogen-bond donors (Lipinski definition) is 2. The van der Waals surface area contributed by atoms with Crippen molar-refractivity contribution in [2.75, 3.05) is 13.1 Å². The molecular weight excluding hydrogens is 344 g/mol. The van der Waals surface area contributed by atoms with E-state index in [1.807, 2.05) is 0 Å². The van der Waals surface area contributed by atoms with Crippen molar-refractivity contribution in [2.24, 2.45) is 0 Å². The molecule has 0 spiro atoms. The van der Waals surface area contributed by atoms with Gasteiger partial charge in [-0.2, -0.15) is 0 Å². The van der Waals surface area contributed by atoms with Crippen molar-refractivity contribution in [3.63, 3.8) is 0 Å². The maximum Gasteiger partial charge on any atom is 0.224 e. The summed E-state index contributed by atoms with van der Waals surface area (Å²) in [5, 5.41) is 14.9. The molecule has 4 nitrogen and oxygen atoms in total. The Hall–Kier alpha value is -1.56. The molecule has 1 aromatic carbocycles. The molecular formula is C18H21ClN2O2S. The summed E-state index contributed by atoms with van der Waals surface area (Å²) in [4.78, 5) is 16.0. The highest BCUT2D eigenvalue weighted by molar-refractivity contribution is 7.09. The number of phenolic OH excluding ortho intramolecular Hbond substituents is 1. The lowest BCUT2D eigenvalue weighted by Crippen LogP contribution is -2.47. The van der Waals surface area contributed by atoms with Crippen LogP contribution in [-0.4, -0.2) is 35.0 Å². The molecule has 1 aromatic heterocycles. The summed E-state index contributed by atoms with van der Waals surface area (Å²) in [5.41, 5.74) is 0.807. The minimum atomic E-state index is -0.000250. The second-order valence-electron chi connectivity index (χ2n) is 6.18. The molecule has 1 saturated heterocycles. The number of hydrogen-bond acceptors (Lipinski definition) is 4. The van der Waals surface area contributed by atoms with Gasteiger partial charge in [-0.15, -0.1) is 11.3 Å². The average Bonchev–Trinajstić information content (AvgIpc) is 3.04. The fourth-order valence-corrected chi connectivity index (χ4v) is 4.01. The Morgan fingerprint density at radius 1 is 1.42 bits per heavy atom. The molecule has 1 aliphatic heterocycles. The number of nitrogens with zero attached hydrogens (tertiary/aromatic N) is 1. The Bertz CT molecular complexity index is 690. The molecule has 1 unspecified atom stereocenters. The monoisotopic (exact) mass is 364 g/mol. The standard InChI is InChI=1S/C18H21ClN2O2S/c19-16-9-13(5-6-17(16)22)10-18(23)20-14-3-1-7-21(11-14)12-15-4-2-8-24-15/h2,4-6,8-9,14,22H,1,3,7,10-12H2,(H,20,23). The fourth-order valence-electron chi connectivity index (χ4n) is 3.06. The molecule has 0 radical (unpaired) electrons. The van der Waals surface area contributed by atoms with E-state index in [9.17, 15) is 9.90 Å². The number of piperidine rings is 1. The van der Waals surface area contributed by atoms with E-state index in [1.165, 1.54) is 10.9 Å². The molecule has 128 valence electrons. The molecule has 1 amide bonds. The molecule has 2 heterocycles. The number of amides is 1. The molecule has 1 aliphatic rings. The number of phenols is 1. The molecule has 2 aromatic rings. The maximum atomic E-state index is 12.3. The van der Waals surface area contributed by atoms with Crippen LogP contribution in [-0.2, 0) is 17.8 Å². The van der Waals surface area contributed by atoms with Crippen molar-refractivity contribution in [3.8, 4) is 5.75 Å². The number of carbonyl (C=O) groups excluding carboxylic acids is 1. The second-order valence-corrected chi connectivity index (χ2v) is 7.62. The van der Waals surface area contributed by atoms with Gasteiger partial charge >= 0.3 is 0 Å². The van der Waals surface area contributed by atoms with Gasteiger partial charge in [-0.1, -0.05) is 23.7 Å². The summed E-state index contributed by atoms with van der Waals surface area (Å²) < 4.78 is 0. The average molecular weight is 365 g/mol. The van der Waals surface area contributed by atoms with Crippen LogP contribution >= 0.6 is 22.9 Å². The Balaban J connectivity index is 1.51. The van der Waals surface area contributed by atoms with Crippen LogP contribution < -0.4 is 5.32 Å². The third kappa shape index (κ3) is 4.72. The van der Waals surface area contributed by atoms with Crippen molar-refractivity contribution < 1.29 is 9.90 Å². The lowest BCUT2D eigenvalue weighted by Gasteiger charge is -2.32. The first-order chi connectivity index (χ1) is 11.6.